The lowest BCUT2D eigenvalue weighted by Gasteiger charge is -2.03. The van der Waals surface area contributed by atoms with Gasteiger partial charge in [-0.15, -0.1) is 0 Å². The SMILES string of the molecule is N#C/C(=C\c1cn(-c2ccccc2)nc1-c1ccc(Cl)cc1)c1nc2ccc(Br)cc2c(=O)[nH]1. The number of nitriles is 1. The third-order valence-corrected chi connectivity index (χ3v) is 5.97. The minimum absolute atomic E-state index is 0.192. The fraction of sp³-hybridized carbons (Fsp3) is 0. The molecule has 0 radical (unpaired) electrons. The van der Waals surface area contributed by atoms with Gasteiger partial charge in [-0.2, -0.15) is 10.4 Å². The van der Waals surface area contributed by atoms with E-state index in [1.54, 1.807) is 41.1 Å². The van der Waals surface area contributed by atoms with Crippen molar-refractivity contribution in [2.75, 3.05) is 0 Å². The number of hydrogen-bond donors (Lipinski definition) is 1. The summed E-state index contributed by atoms with van der Waals surface area (Å²) in [5.41, 5.74) is 3.47. The molecule has 5 rings (SSSR count). The van der Waals surface area contributed by atoms with E-state index in [0.29, 0.717) is 27.2 Å². The summed E-state index contributed by atoms with van der Waals surface area (Å²) >= 11 is 9.44. The maximum Gasteiger partial charge on any atom is 0.259 e. The van der Waals surface area contributed by atoms with Gasteiger partial charge in [0.2, 0.25) is 0 Å². The Kier molecular flexibility index (Phi) is 5.84. The molecule has 34 heavy (non-hydrogen) atoms. The molecule has 0 spiro atoms. The summed E-state index contributed by atoms with van der Waals surface area (Å²) in [5.74, 6) is 0.192. The van der Waals surface area contributed by atoms with Crippen molar-refractivity contribution >= 4 is 50.1 Å². The van der Waals surface area contributed by atoms with Crippen molar-refractivity contribution in [1.29, 1.82) is 5.26 Å². The number of nitrogens with one attached hydrogen (secondary N) is 1. The van der Waals surface area contributed by atoms with E-state index in [1.165, 1.54) is 0 Å². The van der Waals surface area contributed by atoms with E-state index in [4.69, 9.17) is 16.7 Å². The maximum absolute atomic E-state index is 12.7. The molecular formula is C26H15BrClN5O. The lowest BCUT2D eigenvalue weighted by Crippen LogP contribution is -2.11. The molecule has 0 saturated heterocycles. The van der Waals surface area contributed by atoms with Gasteiger partial charge in [0.05, 0.1) is 27.9 Å². The topological polar surface area (TPSA) is 87.4 Å². The molecule has 8 heteroatoms. The summed E-state index contributed by atoms with van der Waals surface area (Å²) in [7, 11) is 0. The molecule has 0 aliphatic heterocycles. The highest BCUT2D eigenvalue weighted by Crippen LogP contribution is 2.28. The van der Waals surface area contributed by atoms with Gasteiger partial charge >= 0.3 is 0 Å². The molecule has 6 nitrogen and oxygen atoms in total. The van der Waals surface area contributed by atoms with Gasteiger partial charge < -0.3 is 4.98 Å². The number of allylic oxidation sites excluding steroid dienone is 1. The molecule has 2 heterocycles. The molecule has 2 aromatic heterocycles. The molecule has 5 aromatic rings. The number of halogens is 2. The Morgan fingerprint density at radius 3 is 2.59 bits per heavy atom. The second kappa shape index (κ2) is 9.10. The minimum atomic E-state index is -0.319. The Bertz CT molecular complexity index is 1650. The second-order valence-corrected chi connectivity index (χ2v) is 8.82. The fourth-order valence-electron chi connectivity index (χ4n) is 3.59. The number of aromatic amines is 1. The number of rotatable bonds is 4. The highest BCUT2D eigenvalue weighted by molar-refractivity contribution is 9.10. The first-order valence-electron chi connectivity index (χ1n) is 10.2. The minimum Gasteiger partial charge on any atom is -0.305 e. The van der Waals surface area contributed by atoms with E-state index in [0.717, 1.165) is 15.7 Å². The van der Waals surface area contributed by atoms with Crippen molar-refractivity contribution in [3.63, 3.8) is 0 Å². The molecule has 0 saturated carbocycles. The molecule has 0 fully saturated rings. The van der Waals surface area contributed by atoms with Gasteiger partial charge in [-0.1, -0.05) is 57.9 Å². The van der Waals surface area contributed by atoms with Gasteiger partial charge in [0.15, 0.2) is 5.82 Å². The van der Waals surface area contributed by atoms with Crippen LogP contribution in [0.1, 0.15) is 11.4 Å². The zero-order chi connectivity index (χ0) is 23.7. The summed E-state index contributed by atoms with van der Waals surface area (Å²) in [6.07, 6.45) is 3.52. The number of nitrogens with zero attached hydrogens (tertiary/aromatic N) is 4. The molecular weight excluding hydrogens is 514 g/mol. The number of aromatic nitrogens is 4. The van der Waals surface area contributed by atoms with Crippen LogP contribution in [0.25, 0.3) is 39.5 Å². The van der Waals surface area contributed by atoms with E-state index in [1.807, 2.05) is 48.7 Å². The van der Waals surface area contributed by atoms with E-state index >= 15 is 0 Å². The van der Waals surface area contributed by atoms with Gasteiger partial charge in [-0.05, 0) is 48.5 Å². The average Bonchev–Trinajstić information content (AvgIpc) is 3.28. The van der Waals surface area contributed by atoms with Crippen LogP contribution in [0.5, 0.6) is 0 Å². The lowest BCUT2D eigenvalue weighted by molar-refractivity contribution is 0.884. The van der Waals surface area contributed by atoms with Gasteiger partial charge in [0, 0.05) is 26.8 Å². The van der Waals surface area contributed by atoms with Crippen LogP contribution in [-0.2, 0) is 0 Å². The molecule has 1 N–H and O–H groups in total. The standard InChI is InChI=1S/C26H15BrClN5O/c27-19-8-11-23-22(13-19)26(34)31-25(30-23)17(14-29)12-18-15-33(21-4-2-1-3-5-21)32-24(18)16-6-9-20(28)10-7-16/h1-13,15H,(H,30,31,34)/b17-12+. The van der Waals surface area contributed by atoms with E-state index < -0.39 is 0 Å². The first kappa shape index (κ1) is 21.8. The Labute approximate surface area is 207 Å². The number of para-hydroxylation sites is 1. The molecule has 0 amide bonds. The van der Waals surface area contributed by atoms with Gasteiger partial charge in [0.1, 0.15) is 6.07 Å². The predicted octanol–water partition coefficient (Wildman–Crippen LogP) is 6.26. The average molecular weight is 529 g/mol. The van der Waals surface area contributed by atoms with Crippen LogP contribution < -0.4 is 5.56 Å². The first-order valence-corrected chi connectivity index (χ1v) is 11.4. The molecule has 3 aromatic carbocycles. The smallest absolute Gasteiger partial charge is 0.259 e. The third-order valence-electron chi connectivity index (χ3n) is 5.22. The molecule has 0 aliphatic rings. The summed E-state index contributed by atoms with van der Waals surface area (Å²) < 4.78 is 2.52. The highest BCUT2D eigenvalue weighted by Gasteiger charge is 2.15. The summed E-state index contributed by atoms with van der Waals surface area (Å²) in [4.78, 5) is 19.9. The van der Waals surface area contributed by atoms with Crippen LogP contribution in [0.15, 0.2) is 88.3 Å². The molecule has 0 bridgehead atoms. The predicted molar refractivity (Wildman–Crippen MR) is 138 cm³/mol. The molecule has 0 atom stereocenters. The number of H-pyrrole nitrogens is 1. The molecule has 0 unspecified atom stereocenters. The van der Waals surface area contributed by atoms with Crippen LogP contribution in [-0.4, -0.2) is 19.7 Å². The van der Waals surface area contributed by atoms with Crippen LogP contribution in [0.4, 0.5) is 0 Å². The third kappa shape index (κ3) is 4.29. The van der Waals surface area contributed by atoms with E-state index in [2.05, 4.69) is 32.0 Å². The van der Waals surface area contributed by atoms with Gasteiger partial charge in [-0.3, -0.25) is 4.79 Å². The first-order chi connectivity index (χ1) is 16.5. The van der Waals surface area contributed by atoms with Crippen molar-refractivity contribution in [2.45, 2.75) is 0 Å². The van der Waals surface area contributed by atoms with E-state index in [-0.39, 0.29) is 17.0 Å². The van der Waals surface area contributed by atoms with Gasteiger partial charge in [0.25, 0.3) is 5.56 Å². The van der Waals surface area contributed by atoms with Crippen molar-refractivity contribution in [3.05, 3.63) is 110 Å². The monoisotopic (exact) mass is 527 g/mol. The normalized spacial score (nSPS) is 11.5. The lowest BCUT2D eigenvalue weighted by atomic mass is 10.1. The van der Waals surface area contributed by atoms with Crippen LogP contribution in [0, 0.1) is 11.3 Å². The fourth-order valence-corrected chi connectivity index (χ4v) is 4.07. The zero-order valence-corrected chi connectivity index (χ0v) is 19.9. The van der Waals surface area contributed by atoms with Crippen LogP contribution in [0.3, 0.4) is 0 Å². The molecule has 164 valence electrons. The van der Waals surface area contributed by atoms with Crippen molar-refractivity contribution in [2.24, 2.45) is 0 Å². The quantitative estimate of drug-likeness (QED) is 0.279. The Morgan fingerprint density at radius 2 is 1.85 bits per heavy atom. The maximum atomic E-state index is 12.7. The number of benzene rings is 3. The molecule has 0 aliphatic carbocycles. The zero-order valence-electron chi connectivity index (χ0n) is 17.5. The number of hydrogen-bond acceptors (Lipinski definition) is 4. The van der Waals surface area contributed by atoms with Crippen molar-refractivity contribution in [3.8, 4) is 23.0 Å². The summed E-state index contributed by atoms with van der Waals surface area (Å²) in [6.45, 7) is 0. The number of fused-ring (bicyclic) bond motifs is 1. The van der Waals surface area contributed by atoms with Crippen LogP contribution >= 0.6 is 27.5 Å². The summed E-state index contributed by atoms with van der Waals surface area (Å²) in [5, 5.41) is 15.8. The van der Waals surface area contributed by atoms with E-state index in [9.17, 15) is 10.1 Å². The largest absolute Gasteiger partial charge is 0.305 e. The Hall–Kier alpha value is -3.99. The van der Waals surface area contributed by atoms with Crippen molar-refractivity contribution < 1.29 is 0 Å². The highest BCUT2D eigenvalue weighted by atomic mass is 79.9. The van der Waals surface area contributed by atoms with Gasteiger partial charge in [-0.25, -0.2) is 9.67 Å². The second-order valence-electron chi connectivity index (χ2n) is 7.47. The Balaban J connectivity index is 1.68. The summed E-state index contributed by atoms with van der Waals surface area (Å²) in [6, 6.07) is 24.4. The van der Waals surface area contributed by atoms with Crippen LogP contribution in [0.2, 0.25) is 5.02 Å². The van der Waals surface area contributed by atoms with Crippen molar-refractivity contribution in [1.82, 2.24) is 19.7 Å². The Morgan fingerprint density at radius 1 is 1.09 bits per heavy atom.